The lowest BCUT2D eigenvalue weighted by atomic mass is 10.1. The van der Waals surface area contributed by atoms with Crippen LogP contribution in [0.5, 0.6) is 0 Å². The minimum atomic E-state index is 0.0252. The zero-order chi connectivity index (χ0) is 16.1. The molecule has 2 N–H and O–H groups in total. The number of benzene rings is 1. The van der Waals surface area contributed by atoms with Crippen LogP contribution in [0.3, 0.4) is 0 Å². The lowest BCUT2D eigenvalue weighted by Crippen LogP contribution is -2.41. The van der Waals surface area contributed by atoms with Crippen LogP contribution in [0.1, 0.15) is 42.5 Å². The number of piperidine rings is 1. The monoisotopic (exact) mass is 318 g/mol. The van der Waals surface area contributed by atoms with E-state index in [2.05, 4.69) is 0 Å². The minimum Gasteiger partial charge on any atom is -0.398 e. The normalized spacial score (nSPS) is 23.0. The van der Waals surface area contributed by atoms with Gasteiger partial charge in [0, 0.05) is 25.4 Å². The third-order valence-corrected chi connectivity index (χ3v) is 4.71. The summed E-state index contributed by atoms with van der Waals surface area (Å²) in [5.74, 6) is 0.0252. The molecule has 1 aromatic rings. The number of nitrogens with two attached hydrogens (primary N) is 1. The van der Waals surface area contributed by atoms with Gasteiger partial charge in [-0.3, -0.25) is 4.79 Å². The molecule has 0 saturated carbocycles. The van der Waals surface area contributed by atoms with Gasteiger partial charge in [-0.05, 0) is 44.2 Å². The van der Waals surface area contributed by atoms with E-state index in [0.29, 0.717) is 17.9 Å². The molecule has 0 radical (unpaired) electrons. The van der Waals surface area contributed by atoms with Crippen molar-refractivity contribution in [2.75, 3.05) is 32.0 Å². The molecule has 23 heavy (non-hydrogen) atoms. The Morgan fingerprint density at radius 3 is 2.70 bits per heavy atom. The van der Waals surface area contributed by atoms with E-state index < -0.39 is 0 Å². The van der Waals surface area contributed by atoms with Crippen molar-refractivity contribution in [3.8, 4) is 0 Å². The Hall–Kier alpha value is -1.59. The second-order valence-corrected chi connectivity index (χ2v) is 6.40. The molecule has 2 saturated heterocycles. The zero-order valence-corrected chi connectivity index (χ0v) is 13.6. The largest absolute Gasteiger partial charge is 0.398 e. The highest BCUT2D eigenvalue weighted by atomic mass is 16.5. The van der Waals surface area contributed by atoms with E-state index >= 15 is 0 Å². The molecule has 126 valence electrons. The number of para-hydroxylation sites is 1. The van der Waals surface area contributed by atoms with Crippen molar-refractivity contribution in [2.45, 2.75) is 44.3 Å². The predicted molar refractivity (Wildman–Crippen MR) is 89.3 cm³/mol. The first kappa shape index (κ1) is 16.3. The average molecular weight is 318 g/mol. The standard InChI is InChI=1S/C18H26N2O3/c19-17-7-2-1-6-16(17)18(21)20-10-8-14(9-11-20)23-13-15-5-3-4-12-22-15/h1-2,6-7,14-15H,3-5,8-13,19H2. The number of likely N-dealkylation sites (tertiary alicyclic amines) is 1. The second kappa shape index (κ2) is 7.79. The van der Waals surface area contributed by atoms with Crippen LogP contribution in [-0.4, -0.2) is 49.3 Å². The van der Waals surface area contributed by atoms with Gasteiger partial charge < -0.3 is 20.1 Å². The van der Waals surface area contributed by atoms with E-state index in [1.165, 1.54) is 12.8 Å². The first-order valence-corrected chi connectivity index (χ1v) is 8.61. The van der Waals surface area contributed by atoms with Crippen molar-refractivity contribution in [1.82, 2.24) is 4.90 Å². The highest BCUT2D eigenvalue weighted by Crippen LogP contribution is 2.20. The number of rotatable bonds is 4. The van der Waals surface area contributed by atoms with Gasteiger partial charge in [0.2, 0.25) is 0 Å². The van der Waals surface area contributed by atoms with Gasteiger partial charge in [0.25, 0.3) is 5.91 Å². The van der Waals surface area contributed by atoms with E-state index in [-0.39, 0.29) is 18.1 Å². The summed E-state index contributed by atoms with van der Waals surface area (Å²) >= 11 is 0. The molecule has 2 aliphatic rings. The molecule has 0 spiro atoms. The van der Waals surface area contributed by atoms with Crippen LogP contribution in [0.2, 0.25) is 0 Å². The lowest BCUT2D eigenvalue weighted by molar-refractivity contribution is -0.0733. The van der Waals surface area contributed by atoms with Crippen LogP contribution in [0, 0.1) is 0 Å². The molecule has 1 amide bonds. The van der Waals surface area contributed by atoms with E-state index in [4.69, 9.17) is 15.2 Å². The van der Waals surface area contributed by atoms with Crippen LogP contribution in [0.25, 0.3) is 0 Å². The Balaban J connectivity index is 1.44. The van der Waals surface area contributed by atoms with Gasteiger partial charge >= 0.3 is 0 Å². The Kier molecular flexibility index (Phi) is 5.51. The zero-order valence-electron chi connectivity index (χ0n) is 13.6. The fourth-order valence-corrected chi connectivity index (χ4v) is 3.27. The number of nitrogens with zero attached hydrogens (tertiary/aromatic N) is 1. The molecule has 0 aromatic heterocycles. The first-order chi connectivity index (χ1) is 11.2. The van der Waals surface area contributed by atoms with Crippen LogP contribution in [0.4, 0.5) is 5.69 Å². The Labute approximate surface area is 137 Å². The summed E-state index contributed by atoms with van der Waals surface area (Å²) in [6, 6.07) is 7.26. The molecular formula is C18H26N2O3. The quantitative estimate of drug-likeness (QED) is 0.866. The molecular weight excluding hydrogens is 292 g/mol. The maximum Gasteiger partial charge on any atom is 0.255 e. The predicted octanol–water partition coefficient (Wildman–Crippen LogP) is 2.46. The summed E-state index contributed by atoms with van der Waals surface area (Å²) in [5.41, 5.74) is 7.05. The van der Waals surface area contributed by atoms with Crippen LogP contribution in [-0.2, 0) is 9.47 Å². The van der Waals surface area contributed by atoms with Gasteiger partial charge in [-0.1, -0.05) is 12.1 Å². The third kappa shape index (κ3) is 4.24. The van der Waals surface area contributed by atoms with Crippen molar-refractivity contribution < 1.29 is 14.3 Å². The summed E-state index contributed by atoms with van der Waals surface area (Å²) in [6.07, 6.45) is 5.75. The summed E-state index contributed by atoms with van der Waals surface area (Å²) in [7, 11) is 0. The van der Waals surface area contributed by atoms with Gasteiger partial charge in [-0.2, -0.15) is 0 Å². The second-order valence-electron chi connectivity index (χ2n) is 6.40. The Morgan fingerprint density at radius 2 is 2.00 bits per heavy atom. The molecule has 0 bridgehead atoms. The van der Waals surface area contributed by atoms with Gasteiger partial charge in [0.15, 0.2) is 0 Å². The number of nitrogen functional groups attached to an aromatic ring is 1. The lowest BCUT2D eigenvalue weighted by Gasteiger charge is -2.33. The molecule has 1 aromatic carbocycles. The maximum absolute atomic E-state index is 12.5. The number of anilines is 1. The van der Waals surface area contributed by atoms with E-state index in [0.717, 1.165) is 39.0 Å². The first-order valence-electron chi connectivity index (χ1n) is 8.61. The van der Waals surface area contributed by atoms with Gasteiger partial charge in [-0.15, -0.1) is 0 Å². The smallest absolute Gasteiger partial charge is 0.255 e. The summed E-state index contributed by atoms with van der Waals surface area (Å²) in [6.45, 7) is 3.00. The molecule has 2 fully saturated rings. The van der Waals surface area contributed by atoms with Gasteiger partial charge in [0.05, 0.1) is 24.4 Å². The fourth-order valence-electron chi connectivity index (χ4n) is 3.27. The highest BCUT2D eigenvalue weighted by molar-refractivity contribution is 5.99. The van der Waals surface area contributed by atoms with Crippen molar-refractivity contribution >= 4 is 11.6 Å². The molecule has 0 aliphatic carbocycles. The molecule has 5 heteroatoms. The summed E-state index contributed by atoms with van der Waals surface area (Å²) in [5, 5.41) is 0. The molecule has 1 atom stereocenters. The number of hydrogen-bond donors (Lipinski definition) is 1. The highest BCUT2D eigenvalue weighted by Gasteiger charge is 2.26. The number of carbonyl (C=O) groups is 1. The van der Waals surface area contributed by atoms with Crippen molar-refractivity contribution in [3.63, 3.8) is 0 Å². The van der Waals surface area contributed by atoms with E-state index in [1.807, 2.05) is 17.0 Å². The molecule has 2 heterocycles. The van der Waals surface area contributed by atoms with E-state index in [9.17, 15) is 4.79 Å². The van der Waals surface area contributed by atoms with Crippen molar-refractivity contribution in [3.05, 3.63) is 29.8 Å². The van der Waals surface area contributed by atoms with Crippen molar-refractivity contribution in [2.24, 2.45) is 0 Å². The summed E-state index contributed by atoms with van der Waals surface area (Å²) in [4.78, 5) is 14.4. The Morgan fingerprint density at radius 1 is 1.22 bits per heavy atom. The number of ether oxygens (including phenoxy) is 2. The van der Waals surface area contributed by atoms with Gasteiger partial charge in [0.1, 0.15) is 0 Å². The molecule has 2 aliphatic heterocycles. The van der Waals surface area contributed by atoms with Crippen molar-refractivity contribution in [1.29, 1.82) is 0 Å². The van der Waals surface area contributed by atoms with Crippen LogP contribution < -0.4 is 5.73 Å². The van der Waals surface area contributed by atoms with E-state index in [1.54, 1.807) is 12.1 Å². The number of amides is 1. The molecule has 5 nitrogen and oxygen atoms in total. The third-order valence-electron chi connectivity index (χ3n) is 4.71. The number of carbonyl (C=O) groups excluding carboxylic acids is 1. The Bertz CT molecular complexity index is 521. The topological polar surface area (TPSA) is 64.8 Å². The fraction of sp³-hybridized carbons (Fsp3) is 0.611. The average Bonchev–Trinajstić information content (AvgIpc) is 2.61. The van der Waals surface area contributed by atoms with Crippen LogP contribution in [0.15, 0.2) is 24.3 Å². The molecule has 3 rings (SSSR count). The maximum atomic E-state index is 12.5. The van der Waals surface area contributed by atoms with Crippen LogP contribution >= 0.6 is 0 Å². The summed E-state index contributed by atoms with van der Waals surface area (Å²) < 4.78 is 11.7. The SMILES string of the molecule is Nc1ccccc1C(=O)N1CCC(OCC2CCCCO2)CC1. The van der Waals surface area contributed by atoms with Gasteiger partial charge in [-0.25, -0.2) is 0 Å². The number of hydrogen-bond acceptors (Lipinski definition) is 4. The molecule has 1 unspecified atom stereocenters. The minimum absolute atomic E-state index is 0.0252.